The van der Waals surface area contributed by atoms with Gasteiger partial charge in [0, 0.05) is 6.54 Å². The van der Waals surface area contributed by atoms with Gasteiger partial charge in [0.15, 0.2) is 17.6 Å². The molecule has 1 amide bonds. The Kier molecular flexibility index (Phi) is 6.15. The first-order valence-corrected chi connectivity index (χ1v) is 9.18. The number of para-hydroxylation sites is 2. The van der Waals surface area contributed by atoms with E-state index in [2.05, 4.69) is 11.4 Å². The first-order valence-electron chi connectivity index (χ1n) is 9.18. The van der Waals surface area contributed by atoms with Crippen molar-refractivity contribution >= 4 is 11.9 Å². The third-order valence-electron chi connectivity index (χ3n) is 4.56. The zero-order valence-corrected chi connectivity index (χ0v) is 15.0. The van der Waals surface area contributed by atoms with Crippen LogP contribution in [-0.2, 0) is 14.3 Å². The van der Waals surface area contributed by atoms with E-state index in [0.29, 0.717) is 18.0 Å². The summed E-state index contributed by atoms with van der Waals surface area (Å²) in [4.78, 5) is 24.3. The number of carbonyl (C=O) groups excluding carboxylic acids is 2. The summed E-state index contributed by atoms with van der Waals surface area (Å²) in [5.74, 6) is 0.196. The molecule has 0 bridgehead atoms. The minimum absolute atomic E-state index is 0.0678. The minimum Gasteiger partial charge on any atom is -0.485 e. The predicted octanol–water partition coefficient (Wildman–Crippen LogP) is 2.76. The van der Waals surface area contributed by atoms with E-state index in [-0.39, 0.29) is 12.5 Å². The second-order valence-corrected chi connectivity index (χ2v) is 6.59. The molecule has 26 heavy (non-hydrogen) atoms. The first-order chi connectivity index (χ1) is 12.6. The fourth-order valence-corrected chi connectivity index (χ4v) is 3.06. The smallest absolute Gasteiger partial charge is 0.351 e. The molecule has 0 fully saturated rings. The molecule has 1 aromatic carbocycles. The summed E-state index contributed by atoms with van der Waals surface area (Å²) in [7, 11) is 0. The Morgan fingerprint density at radius 1 is 1.27 bits per heavy atom. The number of nitrogens with one attached hydrogen (secondary N) is 1. The highest BCUT2D eigenvalue weighted by Crippen LogP contribution is 2.31. The van der Waals surface area contributed by atoms with Crippen LogP contribution >= 0.6 is 0 Å². The van der Waals surface area contributed by atoms with Gasteiger partial charge in [-0.05, 0) is 51.2 Å². The van der Waals surface area contributed by atoms with Crippen LogP contribution in [0.4, 0.5) is 0 Å². The van der Waals surface area contributed by atoms with Gasteiger partial charge in [-0.2, -0.15) is 0 Å². The molecule has 1 N–H and O–H groups in total. The van der Waals surface area contributed by atoms with Gasteiger partial charge in [0.25, 0.3) is 5.91 Å². The standard InChI is InChI=1S/C20H25NO5/c1-14(19(22)21-12-11-15-7-3-2-4-8-15)25-20(23)18-13-24-16-9-5-6-10-17(16)26-18/h5-7,9-10,14,18H,2-4,8,11-13H2,1H3,(H,21,22)/t14-,18-/m0/s1. The third-order valence-corrected chi connectivity index (χ3v) is 4.56. The van der Waals surface area contributed by atoms with Crippen molar-refractivity contribution in [3.05, 3.63) is 35.9 Å². The molecule has 6 heteroatoms. The number of benzene rings is 1. The van der Waals surface area contributed by atoms with Crippen LogP contribution in [0.5, 0.6) is 11.5 Å². The van der Waals surface area contributed by atoms with Crippen LogP contribution in [0.1, 0.15) is 39.0 Å². The molecule has 1 aliphatic heterocycles. The molecule has 0 spiro atoms. The quantitative estimate of drug-likeness (QED) is 0.624. The van der Waals surface area contributed by atoms with Gasteiger partial charge in [-0.15, -0.1) is 0 Å². The monoisotopic (exact) mass is 359 g/mol. The lowest BCUT2D eigenvalue weighted by molar-refractivity contribution is -0.163. The molecule has 1 aliphatic carbocycles. The van der Waals surface area contributed by atoms with Crippen molar-refractivity contribution in [2.45, 2.75) is 51.2 Å². The highest BCUT2D eigenvalue weighted by Gasteiger charge is 2.31. The molecule has 1 heterocycles. The molecule has 0 saturated heterocycles. The normalized spacial score (nSPS) is 19.9. The van der Waals surface area contributed by atoms with E-state index < -0.39 is 18.2 Å². The van der Waals surface area contributed by atoms with E-state index in [1.807, 2.05) is 6.07 Å². The van der Waals surface area contributed by atoms with E-state index >= 15 is 0 Å². The van der Waals surface area contributed by atoms with Crippen molar-refractivity contribution in [3.63, 3.8) is 0 Å². The lowest BCUT2D eigenvalue weighted by Crippen LogP contribution is -2.43. The Bertz CT molecular complexity index is 685. The topological polar surface area (TPSA) is 73.9 Å². The molecule has 6 nitrogen and oxygen atoms in total. The van der Waals surface area contributed by atoms with Gasteiger partial charge in [0.2, 0.25) is 6.10 Å². The average molecular weight is 359 g/mol. The Labute approximate surface area is 153 Å². The second-order valence-electron chi connectivity index (χ2n) is 6.59. The van der Waals surface area contributed by atoms with E-state index in [1.165, 1.54) is 18.4 Å². The van der Waals surface area contributed by atoms with Gasteiger partial charge in [0.1, 0.15) is 6.61 Å². The summed E-state index contributed by atoms with van der Waals surface area (Å²) in [5, 5.41) is 2.82. The number of rotatable bonds is 6. The van der Waals surface area contributed by atoms with Crippen LogP contribution in [0.15, 0.2) is 35.9 Å². The minimum atomic E-state index is -0.872. The fourth-order valence-electron chi connectivity index (χ4n) is 3.06. The maximum atomic E-state index is 12.2. The van der Waals surface area contributed by atoms with E-state index in [9.17, 15) is 9.59 Å². The average Bonchev–Trinajstić information content (AvgIpc) is 2.68. The van der Waals surface area contributed by atoms with Crippen molar-refractivity contribution in [1.82, 2.24) is 5.32 Å². The lowest BCUT2D eigenvalue weighted by Gasteiger charge is -2.25. The maximum absolute atomic E-state index is 12.2. The predicted molar refractivity (Wildman–Crippen MR) is 96.1 cm³/mol. The van der Waals surface area contributed by atoms with Crippen molar-refractivity contribution in [3.8, 4) is 11.5 Å². The SMILES string of the molecule is C[C@H](OC(=O)[C@@H]1COc2ccccc2O1)C(=O)NCCC1=CCCCC1. The van der Waals surface area contributed by atoms with E-state index in [4.69, 9.17) is 14.2 Å². The largest absolute Gasteiger partial charge is 0.485 e. The van der Waals surface area contributed by atoms with Crippen LogP contribution in [0.25, 0.3) is 0 Å². The number of allylic oxidation sites excluding steroid dienone is 1. The van der Waals surface area contributed by atoms with Gasteiger partial charge in [-0.1, -0.05) is 23.8 Å². The Morgan fingerprint density at radius 2 is 2.08 bits per heavy atom. The molecule has 2 atom stereocenters. The van der Waals surface area contributed by atoms with Crippen LogP contribution in [0, 0.1) is 0 Å². The first kappa shape index (κ1) is 18.3. The van der Waals surface area contributed by atoms with E-state index in [1.54, 1.807) is 25.1 Å². The van der Waals surface area contributed by atoms with Gasteiger partial charge in [0.05, 0.1) is 0 Å². The molecule has 2 aliphatic rings. The fraction of sp³-hybridized carbons (Fsp3) is 0.500. The van der Waals surface area contributed by atoms with Gasteiger partial charge < -0.3 is 19.5 Å². The lowest BCUT2D eigenvalue weighted by atomic mass is 9.97. The highest BCUT2D eigenvalue weighted by atomic mass is 16.6. The summed E-state index contributed by atoms with van der Waals surface area (Å²) in [5.41, 5.74) is 1.40. The van der Waals surface area contributed by atoms with Crippen LogP contribution in [0.2, 0.25) is 0 Å². The Balaban J connectivity index is 1.42. The molecule has 0 radical (unpaired) electrons. The molecular formula is C20H25NO5. The number of hydrogen-bond donors (Lipinski definition) is 1. The molecule has 0 aromatic heterocycles. The molecule has 1 aromatic rings. The maximum Gasteiger partial charge on any atom is 0.351 e. The molecule has 3 rings (SSSR count). The summed E-state index contributed by atoms with van der Waals surface area (Å²) >= 11 is 0. The number of hydrogen-bond acceptors (Lipinski definition) is 5. The molecular weight excluding hydrogens is 334 g/mol. The number of esters is 1. The van der Waals surface area contributed by atoms with Gasteiger partial charge in [-0.3, -0.25) is 4.79 Å². The van der Waals surface area contributed by atoms with Crippen molar-refractivity contribution in [2.75, 3.05) is 13.2 Å². The van der Waals surface area contributed by atoms with Gasteiger partial charge in [-0.25, -0.2) is 4.79 Å². The van der Waals surface area contributed by atoms with Crippen LogP contribution in [-0.4, -0.2) is 37.2 Å². The number of ether oxygens (including phenoxy) is 3. The van der Waals surface area contributed by atoms with Crippen molar-refractivity contribution < 1.29 is 23.8 Å². The molecule has 0 unspecified atom stereocenters. The second kappa shape index (κ2) is 8.74. The Hall–Kier alpha value is -2.50. The van der Waals surface area contributed by atoms with E-state index in [0.717, 1.165) is 19.3 Å². The number of amides is 1. The molecule has 140 valence electrons. The number of carbonyl (C=O) groups is 2. The summed E-state index contributed by atoms with van der Waals surface area (Å²) in [6.45, 7) is 2.19. The zero-order chi connectivity index (χ0) is 18.4. The zero-order valence-electron chi connectivity index (χ0n) is 15.0. The van der Waals surface area contributed by atoms with Gasteiger partial charge >= 0.3 is 5.97 Å². The summed E-state index contributed by atoms with van der Waals surface area (Å²) in [6, 6.07) is 7.13. The van der Waals surface area contributed by atoms with Crippen molar-refractivity contribution in [2.24, 2.45) is 0 Å². The number of fused-ring (bicyclic) bond motifs is 1. The molecule has 0 saturated carbocycles. The summed E-state index contributed by atoms with van der Waals surface area (Å²) < 4.78 is 16.3. The highest BCUT2D eigenvalue weighted by molar-refractivity contribution is 5.84. The summed E-state index contributed by atoms with van der Waals surface area (Å²) in [6.07, 6.45) is 6.09. The van der Waals surface area contributed by atoms with Crippen molar-refractivity contribution in [1.29, 1.82) is 0 Å². The van der Waals surface area contributed by atoms with Crippen LogP contribution < -0.4 is 14.8 Å². The Morgan fingerprint density at radius 3 is 2.85 bits per heavy atom. The van der Waals surface area contributed by atoms with Crippen LogP contribution in [0.3, 0.4) is 0 Å². The third kappa shape index (κ3) is 4.77.